The second kappa shape index (κ2) is 4.22. The molecule has 0 spiro atoms. The summed E-state index contributed by atoms with van der Waals surface area (Å²) < 4.78 is 4.59. The number of benzene rings is 1. The van der Waals surface area contributed by atoms with Gasteiger partial charge in [0.25, 0.3) is 0 Å². The molecule has 0 atom stereocenters. The van der Waals surface area contributed by atoms with Crippen LogP contribution < -0.4 is 5.43 Å². The third-order valence-corrected chi connectivity index (χ3v) is 2.78. The van der Waals surface area contributed by atoms with Gasteiger partial charge in [-0.25, -0.2) is 4.79 Å². The number of hydrogen-bond acceptors (Lipinski definition) is 3. The molecule has 5 heteroatoms. The van der Waals surface area contributed by atoms with Crippen molar-refractivity contribution < 1.29 is 9.53 Å². The first kappa shape index (κ1) is 11.7. The van der Waals surface area contributed by atoms with E-state index in [1.165, 1.54) is 13.2 Å². The van der Waals surface area contributed by atoms with Gasteiger partial charge < -0.3 is 9.72 Å². The lowest BCUT2D eigenvalue weighted by Gasteiger charge is -2.06. The van der Waals surface area contributed by atoms with E-state index in [0.29, 0.717) is 21.6 Å². The lowest BCUT2D eigenvalue weighted by atomic mass is 10.1. The smallest absolute Gasteiger partial charge is 0.343 e. The number of aromatic nitrogens is 1. The number of hydrogen-bond donors (Lipinski definition) is 1. The first-order chi connectivity index (χ1) is 8.04. The third-order valence-electron chi connectivity index (χ3n) is 2.54. The standard InChI is InChI=1S/C12H10ClNO3/c1-6-10(12(16)17-2)11(15)8-5-7(13)3-4-9(8)14-6/h3-5H,1-2H3,(H,14,15). The first-order valence-electron chi connectivity index (χ1n) is 4.95. The molecule has 0 radical (unpaired) electrons. The van der Waals surface area contributed by atoms with Crippen molar-refractivity contribution in [1.82, 2.24) is 4.98 Å². The predicted molar refractivity (Wildman–Crippen MR) is 65.7 cm³/mol. The Hall–Kier alpha value is -1.81. The van der Waals surface area contributed by atoms with E-state index in [4.69, 9.17) is 11.6 Å². The number of aryl methyl sites for hydroxylation is 1. The van der Waals surface area contributed by atoms with Gasteiger partial charge in [0.05, 0.1) is 7.11 Å². The summed E-state index contributed by atoms with van der Waals surface area (Å²) >= 11 is 5.83. The fraction of sp³-hybridized carbons (Fsp3) is 0.167. The lowest BCUT2D eigenvalue weighted by Crippen LogP contribution is -2.19. The van der Waals surface area contributed by atoms with Crippen molar-refractivity contribution in [1.29, 1.82) is 0 Å². The molecule has 0 saturated heterocycles. The van der Waals surface area contributed by atoms with Crippen molar-refractivity contribution in [2.45, 2.75) is 6.92 Å². The van der Waals surface area contributed by atoms with E-state index in [9.17, 15) is 9.59 Å². The molecule has 1 aromatic heterocycles. The Bertz CT molecular complexity index is 661. The number of nitrogens with one attached hydrogen (secondary N) is 1. The summed E-state index contributed by atoms with van der Waals surface area (Å²) in [5.74, 6) is -0.648. The molecule has 1 N–H and O–H groups in total. The van der Waals surface area contributed by atoms with Crippen LogP contribution in [0, 0.1) is 6.92 Å². The van der Waals surface area contributed by atoms with Gasteiger partial charge in [-0.15, -0.1) is 0 Å². The van der Waals surface area contributed by atoms with Crippen LogP contribution in [0.1, 0.15) is 16.1 Å². The second-order valence-corrected chi connectivity index (χ2v) is 4.07. The second-order valence-electron chi connectivity index (χ2n) is 3.64. The summed E-state index contributed by atoms with van der Waals surface area (Å²) in [4.78, 5) is 26.6. The monoisotopic (exact) mass is 251 g/mol. The molecule has 0 saturated carbocycles. The summed E-state index contributed by atoms with van der Waals surface area (Å²) in [6.45, 7) is 1.65. The van der Waals surface area contributed by atoms with E-state index in [-0.39, 0.29) is 11.0 Å². The highest BCUT2D eigenvalue weighted by molar-refractivity contribution is 6.31. The molecule has 1 aromatic carbocycles. The van der Waals surface area contributed by atoms with Gasteiger partial charge >= 0.3 is 5.97 Å². The van der Waals surface area contributed by atoms with Crippen LogP contribution in [-0.4, -0.2) is 18.1 Å². The fourth-order valence-electron chi connectivity index (χ4n) is 1.73. The normalized spacial score (nSPS) is 10.5. The van der Waals surface area contributed by atoms with Crippen molar-refractivity contribution in [3.8, 4) is 0 Å². The minimum Gasteiger partial charge on any atom is -0.465 e. The van der Waals surface area contributed by atoms with Crippen LogP contribution >= 0.6 is 11.6 Å². The summed E-state index contributed by atoms with van der Waals surface area (Å²) in [5, 5.41) is 0.825. The lowest BCUT2D eigenvalue weighted by molar-refractivity contribution is 0.0598. The van der Waals surface area contributed by atoms with Crippen LogP contribution in [0.4, 0.5) is 0 Å². The third kappa shape index (κ3) is 1.91. The largest absolute Gasteiger partial charge is 0.465 e. The Labute approximate surface area is 102 Å². The molecule has 0 aliphatic carbocycles. The van der Waals surface area contributed by atoms with Crippen molar-refractivity contribution in [3.05, 3.63) is 44.7 Å². The topological polar surface area (TPSA) is 59.2 Å². The van der Waals surface area contributed by atoms with E-state index in [1.807, 2.05) is 0 Å². The summed E-state index contributed by atoms with van der Waals surface area (Å²) in [6, 6.07) is 4.91. The van der Waals surface area contributed by atoms with E-state index in [0.717, 1.165) is 0 Å². The summed E-state index contributed by atoms with van der Waals surface area (Å²) in [6.07, 6.45) is 0. The maximum absolute atomic E-state index is 12.1. The molecule has 88 valence electrons. The number of halogens is 1. The Morgan fingerprint density at radius 2 is 2.12 bits per heavy atom. The van der Waals surface area contributed by atoms with Gasteiger partial charge in [0.2, 0.25) is 5.43 Å². The maximum atomic E-state index is 12.1. The molecule has 4 nitrogen and oxygen atoms in total. The van der Waals surface area contributed by atoms with Crippen LogP contribution in [0.25, 0.3) is 10.9 Å². The zero-order valence-corrected chi connectivity index (χ0v) is 10.1. The number of methoxy groups -OCH3 is 1. The van der Waals surface area contributed by atoms with Gasteiger partial charge in [0.15, 0.2) is 0 Å². The van der Waals surface area contributed by atoms with Crippen molar-refractivity contribution in [3.63, 3.8) is 0 Å². The zero-order chi connectivity index (χ0) is 12.6. The molecule has 0 aliphatic rings. The minimum atomic E-state index is -0.648. The molecule has 0 amide bonds. The first-order valence-corrected chi connectivity index (χ1v) is 5.33. The SMILES string of the molecule is COC(=O)c1c(C)[nH]c2ccc(Cl)cc2c1=O. The van der Waals surface area contributed by atoms with Gasteiger partial charge in [-0.3, -0.25) is 4.79 Å². The van der Waals surface area contributed by atoms with E-state index in [1.54, 1.807) is 19.1 Å². The van der Waals surface area contributed by atoms with Gasteiger partial charge in [0, 0.05) is 21.6 Å². The Morgan fingerprint density at radius 1 is 1.41 bits per heavy atom. The molecule has 0 bridgehead atoms. The van der Waals surface area contributed by atoms with Crippen LogP contribution in [0.2, 0.25) is 5.02 Å². The highest BCUT2D eigenvalue weighted by Gasteiger charge is 2.17. The van der Waals surface area contributed by atoms with E-state index >= 15 is 0 Å². The molecule has 0 aliphatic heterocycles. The minimum absolute atomic E-state index is 0.0160. The summed E-state index contributed by atoms with van der Waals surface area (Å²) in [5.41, 5.74) is 0.772. The van der Waals surface area contributed by atoms with Crippen LogP contribution in [0.5, 0.6) is 0 Å². The van der Waals surface area contributed by atoms with Crippen LogP contribution in [0.15, 0.2) is 23.0 Å². The highest BCUT2D eigenvalue weighted by atomic mass is 35.5. The number of H-pyrrole nitrogens is 1. The average molecular weight is 252 g/mol. The quantitative estimate of drug-likeness (QED) is 0.791. The zero-order valence-electron chi connectivity index (χ0n) is 9.33. The van der Waals surface area contributed by atoms with Crippen molar-refractivity contribution >= 4 is 28.5 Å². The van der Waals surface area contributed by atoms with Crippen molar-refractivity contribution in [2.24, 2.45) is 0 Å². The highest BCUT2D eigenvalue weighted by Crippen LogP contribution is 2.16. The van der Waals surface area contributed by atoms with E-state index < -0.39 is 5.97 Å². The molecule has 1 heterocycles. The van der Waals surface area contributed by atoms with Crippen LogP contribution in [-0.2, 0) is 4.74 Å². The van der Waals surface area contributed by atoms with Gasteiger partial charge in [-0.2, -0.15) is 0 Å². The molecule has 0 fully saturated rings. The molecular weight excluding hydrogens is 242 g/mol. The number of aromatic amines is 1. The number of esters is 1. The number of carbonyl (C=O) groups excluding carboxylic acids is 1. The average Bonchev–Trinajstić information content (AvgIpc) is 2.30. The van der Waals surface area contributed by atoms with Crippen LogP contribution in [0.3, 0.4) is 0 Å². The number of rotatable bonds is 1. The van der Waals surface area contributed by atoms with Gasteiger partial charge in [-0.1, -0.05) is 11.6 Å². The molecule has 2 aromatic rings. The fourth-order valence-corrected chi connectivity index (χ4v) is 1.90. The Balaban J connectivity index is 2.87. The van der Waals surface area contributed by atoms with Crippen molar-refractivity contribution in [2.75, 3.05) is 7.11 Å². The number of pyridine rings is 1. The number of fused-ring (bicyclic) bond motifs is 1. The Kier molecular flexibility index (Phi) is 2.90. The van der Waals surface area contributed by atoms with Gasteiger partial charge in [0.1, 0.15) is 5.56 Å². The number of carbonyl (C=O) groups is 1. The van der Waals surface area contributed by atoms with E-state index in [2.05, 4.69) is 9.72 Å². The maximum Gasteiger partial charge on any atom is 0.343 e. The molecular formula is C12H10ClNO3. The predicted octanol–water partition coefficient (Wildman–Crippen LogP) is 2.28. The molecule has 2 rings (SSSR count). The Morgan fingerprint density at radius 3 is 2.76 bits per heavy atom. The molecule has 17 heavy (non-hydrogen) atoms. The van der Waals surface area contributed by atoms with Gasteiger partial charge in [-0.05, 0) is 25.1 Å². The molecule has 0 unspecified atom stereocenters. The number of ether oxygens (including phenoxy) is 1. The summed E-state index contributed by atoms with van der Waals surface area (Å²) in [7, 11) is 1.24.